The van der Waals surface area contributed by atoms with Crippen molar-refractivity contribution in [3.8, 4) is 11.5 Å². The van der Waals surface area contributed by atoms with Gasteiger partial charge in [-0.3, -0.25) is 4.79 Å². The zero-order valence-electron chi connectivity index (χ0n) is 14.9. The summed E-state index contributed by atoms with van der Waals surface area (Å²) in [6, 6.07) is 19.6. The van der Waals surface area contributed by atoms with Crippen LogP contribution in [0.2, 0.25) is 0 Å². The third-order valence-electron chi connectivity index (χ3n) is 4.26. The van der Waals surface area contributed by atoms with E-state index in [4.69, 9.17) is 15.6 Å². The summed E-state index contributed by atoms with van der Waals surface area (Å²) in [5.74, 6) is 0.844. The third kappa shape index (κ3) is 4.83. The highest BCUT2D eigenvalue weighted by atomic mass is 16.5. The van der Waals surface area contributed by atoms with Crippen molar-refractivity contribution in [3.05, 3.63) is 78.5 Å². The van der Waals surface area contributed by atoms with Crippen molar-refractivity contribution >= 4 is 17.5 Å². The number of nitrogens with zero attached hydrogens (tertiary/aromatic N) is 1. The van der Waals surface area contributed by atoms with Crippen molar-refractivity contribution in [1.82, 2.24) is 4.98 Å². The van der Waals surface area contributed by atoms with Crippen molar-refractivity contribution in [2.24, 2.45) is 5.73 Å². The highest BCUT2D eigenvalue weighted by Gasteiger charge is 2.21. The van der Waals surface area contributed by atoms with Gasteiger partial charge in [-0.25, -0.2) is 4.98 Å². The lowest BCUT2D eigenvalue weighted by atomic mass is 9.94. The maximum Gasteiger partial charge on any atom is 0.321 e. The summed E-state index contributed by atoms with van der Waals surface area (Å²) in [6.07, 6.45) is 1.73. The van der Waals surface area contributed by atoms with E-state index in [0.29, 0.717) is 11.5 Å². The number of carbonyl (C=O) groups is 1. The molecule has 0 saturated heterocycles. The Morgan fingerprint density at radius 3 is 2.22 bits per heavy atom. The lowest BCUT2D eigenvalue weighted by Gasteiger charge is -2.16. The van der Waals surface area contributed by atoms with Crippen LogP contribution in [0, 0.1) is 0 Å². The predicted molar refractivity (Wildman–Crippen MR) is 105 cm³/mol. The molecule has 0 saturated carbocycles. The number of nitrogens with two attached hydrogens (primary N) is 1. The molecule has 3 aromatic rings. The maximum absolute atomic E-state index is 11.0. The summed E-state index contributed by atoms with van der Waals surface area (Å²) in [4.78, 5) is 15.2. The number of rotatable bonds is 7. The molecule has 2 atom stereocenters. The predicted octanol–water partition coefficient (Wildman–Crippen LogP) is 4.13. The van der Waals surface area contributed by atoms with Crippen molar-refractivity contribution < 1.29 is 14.6 Å². The first-order chi connectivity index (χ1) is 13.0. The van der Waals surface area contributed by atoms with Crippen molar-refractivity contribution in [2.45, 2.75) is 18.9 Å². The number of hydrogen-bond acceptors (Lipinski definition) is 5. The molecule has 0 bridgehead atoms. The molecule has 6 heteroatoms. The molecule has 0 amide bonds. The molecular formula is C21H21N3O3. The van der Waals surface area contributed by atoms with Crippen LogP contribution in [0.3, 0.4) is 0 Å². The van der Waals surface area contributed by atoms with Crippen LogP contribution in [0.15, 0.2) is 72.9 Å². The molecule has 0 aliphatic heterocycles. The van der Waals surface area contributed by atoms with Gasteiger partial charge >= 0.3 is 5.97 Å². The van der Waals surface area contributed by atoms with Crippen molar-refractivity contribution in [1.29, 1.82) is 0 Å². The fourth-order valence-corrected chi connectivity index (χ4v) is 2.59. The summed E-state index contributed by atoms with van der Waals surface area (Å²) >= 11 is 0. The minimum Gasteiger partial charge on any atom is -0.480 e. The van der Waals surface area contributed by atoms with Gasteiger partial charge in [0.2, 0.25) is 0 Å². The molecule has 4 N–H and O–H groups in total. The molecule has 0 spiro atoms. The molecule has 2 aromatic carbocycles. The molecule has 1 aromatic heterocycles. The zero-order valence-corrected chi connectivity index (χ0v) is 14.9. The molecule has 6 nitrogen and oxygen atoms in total. The standard InChI is InChI=1S/C21H21N3O3/c1-14(20(22)21(25)26)15-5-9-17(10-6-15)27-18-11-7-16(8-12-18)24-19-4-2-3-13-23-19/h2-14,20H,22H2,1H3,(H,23,24)(H,25,26)/t14?,20-/m0/s1. The Hall–Kier alpha value is -3.38. The van der Waals surface area contributed by atoms with Crippen LogP contribution in [0.1, 0.15) is 18.4 Å². The van der Waals surface area contributed by atoms with E-state index < -0.39 is 12.0 Å². The molecule has 27 heavy (non-hydrogen) atoms. The van der Waals surface area contributed by atoms with E-state index in [2.05, 4.69) is 10.3 Å². The first-order valence-electron chi connectivity index (χ1n) is 8.57. The van der Waals surface area contributed by atoms with Crippen LogP contribution in [-0.4, -0.2) is 22.1 Å². The van der Waals surface area contributed by atoms with Gasteiger partial charge in [0.05, 0.1) is 0 Å². The summed E-state index contributed by atoms with van der Waals surface area (Å²) < 4.78 is 5.84. The van der Waals surface area contributed by atoms with Crippen molar-refractivity contribution in [2.75, 3.05) is 5.32 Å². The number of benzene rings is 2. The molecular weight excluding hydrogens is 342 g/mol. The first-order valence-corrected chi connectivity index (χ1v) is 8.57. The van der Waals surface area contributed by atoms with E-state index in [-0.39, 0.29) is 5.92 Å². The van der Waals surface area contributed by atoms with Gasteiger partial charge in [-0.15, -0.1) is 0 Å². The SMILES string of the molecule is CC(c1ccc(Oc2ccc(Nc3ccccn3)cc2)cc1)[C@H](N)C(=O)O. The van der Waals surface area contributed by atoms with Gasteiger partial charge in [-0.1, -0.05) is 25.1 Å². The van der Waals surface area contributed by atoms with Gasteiger partial charge in [0.15, 0.2) is 0 Å². The monoisotopic (exact) mass is 363 g/mol. The van der Waals surface area contributed by atoms with E-state index in [0.717, 1.165) is 17.1 Å². The highest BCUT2D eigenvalue weighted by Crippen LogP contribution is 2.26. The van der Waals surface area contributed by atoms with Gasteiger partial charge in [0.1, 0.15) is 23.4 Å². The van der Waals surface area contributed by atoms with E-state index in [1.807, 2.05) is 54.6 Å². The van der Waals surface area contributed by atoms with Gasteiger partial charge < -0.3 is 20.9 Å². The maximum atomic E-state index is 11.0. The van der Waals surface area contributed by atoms with Crippen LogP contribution in [0.4, 0.5) is 11.5 Å². The van der Waals surface area contributed by atoms with E-state index >= 15 is 0 Å². The fourth-order valence-electron chi connectivity index (χ4n) is 2.59. The van der Waals surface area contributed by atoms with Crippen LogP contribution in [-0.2, 0) is 4.79 Å². The van der Waals surface area contributed by atoms with Gasteiger partial charge in [-0.05, 0) is 54.1 Å². The number of aliphatic carboxylic acids is 1. The smallest absolute Gasteiger partial charge is 0.321 e. The second kappa shape index (κ2) is 8.33. The number of pyridine rings is 1. The molecule has 0 radical (unpaired) electrons. The lowest BCUT2D eigenvalue weighted by Crippen LogP contribution is -2.35. The normalized spacial score (nSPS) is 12.8. The van der Waals surface area contributed by atoms with Gasteiger partial charge in [0.25, 0.3) is 0 Å². The molecule has 3 rings (SSSR count). The van der Waals surface area contributed by atoms with Crippen LogP contribution in [0.5, 0.6) is 11.5 Å². The summed E-state index contributed by atoms with van der Waals surface area (Å²) in [6.45, 7) is 1.79. The largest absolute Gasteiger partial charge is 0.480 e. The summed E-state index contributed by atoms with van der Waals surface area (Å²) in [7, 11) is 0. The zero-order chi connectivity index (χ0) is 19.2. The summed E-state index contributed by atoms with van der Waals surface area (Å²) in [5.41, 5.74) is 7.45. The van der Waals surface area contributed by atoms with E-state index in [1.54, 1.807) is 25.3 Å². The van der Waals surface area contributed by atoms with Gasteiger partial charge in [0, 0.05) is 17.8 Å². The molecule has 0 aliphatic rings. The fraction of sp³-hybridized carbons (Fsp3) is 0.143. The number of hydrogen-bond donors (Lipinski definition) is 3. The molecule has 0 fully saturated rings. The molecule has 1 unspecified atom stereocenters. The Bertz CT molecular complexity index is 881. The first kappa shape index (κ1) is 18.4. The number of nitrogens with one attached hydrogen (secondary N) is 1. The number of aromatic nitrogens is 1. The summed E-state index contributed by atoms with van der Waals surface area (Å²) in [5, 5.41) is 12.2. The Kier molecular flexibility index (Phi) is 5.68. The second-order valence-electron chi connectivity index (χ2n) is 6.19. The van der Waals surface area contributed by atoms with E-state index in [1.165, 1.54) is 0 Å². The minimum absolute atomic E-state index is 0.284. The quantitative estimate of drug-likeness (QED) is 0.584. The average Bonchev–Trinajstić information content (AvgIpc) is 2.69. The third-order valence-corrected chi connectivity index (χ3v) is 4.26. The molecule has 0 aliphatic carbocycles. The number of ether oxygens (including phenoxy) is 1. The van der Waals surface area contributed by atoms with E-state index in [9.17, 15) is 4.79 Å². The topological polar surface area (TPSA) is 97.5 Å². The van der Waals surface area contributed by atoms with Gasteiger partial charge in [-0.2, -0.15) is 0 Å². The second-order valence-corrected chi connectivity index (χ2v) is 6.19. The number of anilines is 2. The average molecular weight is 363 g/mol. The molecule has 1 heterocycles. The highest BCUT2D eigenvalue weighted by molar-refractivity contribution is 5.74. The lowest BCUT2D eigenvalue weighted by molar-refractivity contribution is -0.139. The number of carboxylic acids is 1. The van der Waals surface area contributed by atoms with Crippen LogP contribution < -0.4 is 15.8 Å². The van der Waals surface area contributed by atoms with Crippen LogP contribution >= 0.6 is 0 Å². The number of carboxylic acid groups (broad SMARTS) is 1. The van der Waals surface area contributed by atoms with Crippen LogP contribution in [0.25, 0.3) is 0 Å². The Morgan fingerprint density at radius 1 is 1.04 bits per heavy atom. The Balaban J connectivity index is 1.62. The molecule has 138 valence electrons. The Labute approximate surface area is 157 Å². The minimum atomic E-state index is -1.01. The van der Waals surface area contributed by atoms with Crippen molar-refractivity contribution in [3.63, 3.8) is 0 Å². The Morgan fingerprint density at radius 2 is 1.67 bits per heavy atom.